The molecule has 0 radical (unpaired) electrons. The van der Waals surface area contributed by atoms with E-state index in [0.717, 1.165) is 18.1 Å². The number of ether oxygens (including phenoxy) is 2. The number of halogens is 1. The van der Waals surface area contributed by atoms with E-state index < -0.39 is 0 Å². The zero-order valence-electron chi connectivity index (χ0n) is 9.22. The minimum absolute atomic E-state index is 0.290. The summed E-state index contributed by atoms with van der Waals surface area (Å²) in [5, 5.41) is 0.290. The Balaban J connectivity index is 2.01. The van der Waals surface area contributed by atoms with E-state index in [9.17, 15) is 0 Å². The third-order valence-electron chi connectivity index (χ3n) is 2.15. The van der Waals surface area contributed by atoms with E-state index in [1.54, 1.807) is 7.11 Å². The Hall–Kier alpha value is -1.17. The molecule has 0 aliphatic heterocycles. The molecule has 0 spiro atoms. The van der Waals surface area contributed by atoms with Crippen LogP contribution in [0.3, 0.4) is 0 Å². The molecule has 0 amide bonds. The number of hydrogen-bond donors (Lipinski definition) is 0. The summed E-state index contributed by atoms with van der Waals surface area (Å²) >= 11 is 6.81. The third kappa shape index (κ3) is 3.39. The third-order valence-corrected chi connectivity index (χ3v) is 3.01. The normalized spacial score (nSPS) is 10.5. The zero-order chi connectivity index (χ0) is 12.1. The van der Waals surface area contributed by atoms with Crippen LogP contribution in [-0.2, 0) is 11.2 Å². The van der Waals surface area contributed by atoms with E-state index in [0.29, 0.717) is 23.4 Å². The molecular weight excluding hydrogens is 260 g/mol. The van der Waals surface area contributed by atoms with Crippen LogP contribution in [0.5, 0.6) is 11.6 Å². The first-order chi connectivity index (χ1) is 8.29. The highest BCUT2D eigenvalue weighted by Crippen LogP contribution is 2.26. The fraction of sp³-hybridized carbons (Fsp3) is 0.273. The molecule has 2 rings (SSSR count). The SMILES string of the molecule is COCCc1ccc(Oc2nsnc2Cl)cc1. The van der Waals surface area contributed by atoms with Gasteiger partial charge in [0.1, 0.15) is 5.75 Å². The highest BCUT2D eigenvalue weighted by Gasteiger charge is 2.07. The number of benzene rings is 1. The Morgan fingerprint density at radius 2 is 2.00 bits per heavy atom. The first-order valence-electron chi connectivity index (χ1n) is 5.03. The second kappa shape index (κ2) is 5.95. The highest BCUT2D eigenvalue weighted by atomic mass is 35.5. The van der Waals surface area contributed by atoms with Crippen molar-refractivity contribution in [2.75, 3.05) is 13.7 Å². The van der Waals surface area contributed by atoms with Gasteiger partial charge < -0.3 is 9.47 Å². The summed E-state index contributed by atoms with van der Waals surface area (Å²) in [6.45, 7) is 0.710. The molecule has 0 fully saturated rings. The van der Waals surface area contributed by atoms with Crippen LogP contribution in [0.2, 0.25) is 5.15 Å². The van der Waals surface area contributed by atoms with Gasteiger partial charge in [0, 0.05) is 7.11 Å². The van der Waals surface area contributed by atoms with Gasteiger partial charge in [-0.15, -0.1) is 4.37 Å². The fourth-order valence-electron chi connectivity index (χ4n) is 1.29. The van der Waals surface area contributed by atoms with Crippen LogP contribution in [0.15, 0.2) is 24.3 Å². The van der Waals surface area contributed by atoms with Crippen molar-refractivity contribution >= 4 is 23.3 Å². The van der Waals surface area contributed by atoms with Gasteiger partial charge in [0.05, 0.1) is 18.3 Å². The molecule has 6 heteroatoms. The lowest BCUT2D eigenvalue weighted by atomic mass is 10.1. The van der Waals surface area contributed by atoms with Crippen LogP contribution >= 0.6 is 23.3 Å². The van der Waals surface area contributed by atoms with Crippen molar-refractivity contribution in [3.63, 3.8) is 0 Å². The predicted octanol–water partition coefficient (Wildman–Crippen LogP) is 3.17. The summed E-state index contributed by atoms with van der Waals surface area (Å²) in [7, 11) is 1.69. The van der Waals surface area contributed by atoms with Crippen molar-refractivity contribution in [1.29, 1.82) is 0 Å². The van der Waals surface area contributed by atoms with E-state index >= 15 is 0 Å². The monoisotopic (exact) mass is 270 g/mol. The molecule has 17 heavy (non-hydrogen) atoms. The van der Waals surface area contributed by atoms with E-state index in [1.807, 2.05) is 24.3 Å². The van der Waals surface area contributed by atoms with Gasteiger partial charge in [-0.2, -0.15) is 4.37 Å². The minimum Gasteiger partial charge on any atom is -0.436 e. The lowest BCUT2D eigenvalue weighted by Crippen LogP contribution is -1.94. The van der Waals surface area contributed by atoms with Gasteiger partial charge >= 0.3 is 0 Å². The van der Waals surface area contributed by atoms with Crippen molar-refractivity contribution < 1.29 is 9.47 Å². The second-order valence-electron chi connectivity index (χ2n) is 3.35. The maximum Gasteiger partial charge on any atom is 0.270 e. The molecule has 1 aromatic carbocycles. The molecule has 2 aromatic rings. The molecule has 0 N–H and O–H groups in total. The van der Waals surface area contributed by atoms with Crippen molar-refractivity contribution in [2.24, 2.45) is 0 Å². The van der Waals surface area contributed by atoms with E-state index in [-0.39, 0.29) is 0 Å². The number of methoxy groups -OCH3 is 1. The Labute approximate surface area is 108 Å². The second-order valence-corrected chi connectivity index (χ2v) is 4.24. The molecule has 0 aliphatic rings. The van der Waals surface area contributed by atoms with Crippen molar-refractivity contribution in [2.45, 2.75) is 6.42 Å². The van der Waals surface area contributed by atoms with Crippen molar-refractivity contribution in [3.05, 3.63) is 35.0 Å². The summed E-state index contributed by atoms with van der Waals surface area (Å²) in [4.78, 5) is 0. The van der Waals surface area contributed by atoms with Gasteiger partial charge in [-0.25, -0.2) is 0 Å². The molecule has 0 bridgehead atoms. The van der Waals surface area contributed by atoms with Gasteiger partial charge in [-0.3, -0.25) is 0 Å². The molecule has 1 aromatic heterocycles. The van der Waals surface area contributed by atoms with Crippen LogP contribution in [0.1, 0.15) is 5.56 Å². The summed E-state index contributed by atoms with van der Waals surface area (Å²) in [6, 6.07) is 7.73. The molecular formula is C11H11ClN2O2S. The van der Waals surface area contributed by atoms with E-state index in [4.69, 9.17) is 21.1 Å². The van der Waals surface area contributed by atoms with Crippen molar-refractivity contribution in [1.82, 2.24) is 8.75 Å². The predicted molar refractivity (Wildman–Crippen MR) is 67.0 cm³/mol. The molecule has 0 saturated heterocycles. The van der Waals surface area contributed by atoms with Crippen LogP contribution in [-0.4, -0.2) is 22.5 Å². The number of rotatable bonds is 5. The highest BCUT2D eigenvalue weighted by molar-refractivity contribution is 6.99. The van der Waals surface area contributed by atoms with Gasteiger partial charge in [0.25, 0.3) is 5.88 Å². The molecule has 0 unspecified atom stereocenters. The maximum absolute atomic E-state index is 5.78. The molecule has 1 heterocycles. The Morgan fingerprint density at radius 3 is 2.59 bits per heavy atom. The molecule has 90 valence electrons. The molecule has 4 nitrogen and oxygen atoms in total. The lowest BCUT2D eigenvalue weighted by molar-refractivity contribution is 0.202. The van der Waals surface area contributed by atoms with Gasteiger partial charge in [0.2, 0.25) is 5.15 Å². The van der Waals surface area contributed by atoms with Gasteiger partial charge in [0.15, 0.2) is 0 Å². The van der Waals surface area contributed by atoms with Gasteiger partial charge in [-0.05, 0) is 24.1 Å². The first kappa shape index (κ1) is 12.3. The average Bonchev–Trinajstić information content (AvgIpc) is 2.74. The van der Waals surface area contributed by atoms with E-state index in [1.165, 1.54) is 5.56 Å². The molecule has 0 atom stereocenters. The van der Waals surface area contributed by atoms with Crippen LogP contribution < -0.4 is 4.74 Å². The quantitative estimate of drug-likeness (QED) is 0.837. The van der Waals surface area contributed by atoms with E-state index in [2.05, 4.69) is 8.75 Å². The summed E-state index contributed by atoms with van der Waals surface area (Å²) in [6.07, 6.45) is 0.885. The van der Waals surface area contributed by atoms with Crippen LogP contribution in [0.25, 0.3) is 0 Å². The molecule has 0 saturated carbocycles. The number of hydrogen-bond acceptors (Lipinski definition) is 5. The lowest BCUT2D eigenvalue weighted by Gasteiger charge is -2.04. The smallest absolute Gasteiger partial charge is 0.270 e. The van der Waals surface area contributed by atoms with Crippen LogP contribution in [0, 0.1) is 0 Å². The minimum atomic E-state index is 0.290. The number of nitrogens with zero attached hydrogens (tertiary/aromatic N) is 2. The van der Waals surface area contributed by atoms with Crippen LogP contribution in [0.4, 0.5) is 0 Å². The summed E-state index contributed by atoms with van der Waals surface area (Å²) < 4.78 is 18.3. The maximum atomic E-state index is 5.78. The Kier molecular flexibility index (Phi) is 4.30. The fourth-order valence-corrected chi connectivity index (χ4v) is 1.90. The summed E-state index contributed by atoms with van der Waals surface area (Å²) in [5.74, 6) is 1.04. The molecule has 0 aliphatic carbocycles. The van der Waals surface area contributed by atoms with Crippen molar-refractivity contribution in [3.8, 4) is 11.6 Å². The zero-order valence-corrected chi connectivity index (χ0v) is 10.8. The topological polar surface area (TPSA) is 44.2 Å². The Bertz CT molecular complexity index is 473. The standard InChI is InChI=1S/C11H11ClN2O2S/c1-15-7-6-8-2-4-9(5-3-8)16-11-10(12)13-17-14-11/h2-5H,6-7H2,1H3. The largest absolute Gasteiger partial charge is 0.436 e. The number of aromatic nitrogens is 2. The first-order valence-corrected chi connectivity index (χ1v) is 6.14. The Morgan fingerprint density at radius 1 is 1.24 bits per heavy atom. The average molecular weight is 271 g/mol. The van der Waals surface area contributed by atoms with Gasteiger partial charge in [-0.1, -0.05) is 23.7 Å². The summed E-state index contributed by atoms with van der Waals surface area (Å²) in [5.41, 5.74) is 1.20.